The van der Waals surface area contributed by atoms with E-state index in [9.17, 15) is 9.59 Å². The summed E-state index contributed by atoms with van der Waals surface area (Å²) in [7, 11) is 1.82. The molecule has 2 aliphatic rings. The number of aromatic nitrogens is 1. The number of amides is 3. The third-order valence-corrected chi connectivity index (χ3v) is 5.64. The van der Waals surface area contributed by atoms with Crippen LogP contribution in [0.25, 0.3) is 0 Å². The first kappa shape index (κ1) is 16.7. The minimum Gasteiger partial charge on any atom is -0.326 e. The Bertz CT molecular complexity index is 615. The number of hydrogen-bond donors (Lipinski definition) is 1. The molecule has 1 aliphatic heterocycles. The lowest BCUT2D eigenvalue weighted by molar-refractivity contribution is -0.121. The molecule has 0 aromatic carbocycles. The summed E-state index contributed by atoms with van der Waals surface area (Å²) >= 11 is 0. The molecule has 1 aromatic heterocycles. The van der Waals surface area contributed by atoms with Crippen molar-refractivity contribution in [3.8, 4) is 0 Å². The minimum atomic E-state index is -0.465. The lowest BCUT2D eigenvalue weighted by Gasteiger charge is -2.35. The standard InChI is InChI=1S/C18H26N4O2/c1-13(18(2)8-9-18)21(3)17(24)20-15-7-5-11-22(16(15)23)14-6-4-10-19-12-14/h4,6,10,12-13,15H,5,7-9,11H2,1-3H3,(H,20,24)/t13-,15+/m0/s1. The van der Waals surface area contributed by atoms with Crippen molar-refractivity contribution >= 4 is 17.6 Å². The van der Waals surface area contributed by atoms with Gasteiger partial charge in [0.1, 0.15) is 6.04 Å². The normalized spacial score (nSPS) is 23.5. The highest BCUT2D eigenvalue weighted by Crippen LogP contribution is 2.49. The summed E-state index contributed by atoms with van der Waals surface area (Å²) in [6, 6.07) is 3.23. The van der Waals surface area contributed by atoms with E-state index in [4.69, 9.17) is 0 Å². The number of carbonyl (C=O) groups is 2. The van der Waals surface area contributed by atoms with Crippen molar-refractivity contribution in [3.63, 3.8) is 0 Å². The molecule has 0 spiro atoms. The molecule has 2 atom stereocenters. The molecule has 1 aliphatic carbocycles. The van der Waals surface area contributed by atoms with E-state index in [0.29, 0.717) is 13.0 Å². The van der Waals surface area contributed by atoms with Gasteiger partial charge in [-0.2, -0.15) is 0 Å². The van der Waals surface area contributed by atoms with E-state index in [0.717, 1.165) is 24.9 Å². The predicted molar refractivity (Wildman–Crippen MR) is 92.7 cm³/mol. The van der Waals surface area contributed by atoms with Crippen LogP contribution < -0.4 is 10.2 Å². The fourth-order valence-electron chi connectivity index (χ4n) is 3.29. The topological polar surface area (TPSA) is 65.5 Å². The summed E-state index contributed by atoms with van der Waals surface area (Å²) in [4.78, 5) is 32.8. The Morgan fingerprint density at radius 1 is 1.50 bits per heavy atom. The van der Waals surface area contributed by atoms with Gasteiger partial charge in [0.2, 0.25) is 5.91 Å². The van der Waals surface area contributed by atoms with E-state index < -0.39 is 6.04 Å². The van der Waals surface area contributed by atoms with Crippen LogP contribution in [-0.2, 0) is 4.79 Å². The Kier molecular flexibility index (Phi) is 4.47. The molecule has 1 saturated carbocycles. The molecular formula is C18H26N4O2. The van der Waals surface area contributed by atoms with Crippen LogP contribution in [0.5, 0.6) is 0 Å². The summed E-state index contributed by atoms with van der Waals surface area (Å²) in [6.45, 7) is 4.95. The average Bonchev–Trinajstić information content (AvgIpc) is 3.35. The van der Waals surface area contributed by atoms with E-state index in [2.05, 4.69) is 24.1 Å². The number of rotatable bonds is 4. The first-order valence-electron chi connectivity index (χ1n) is 8.67. The fraction of sp³-hybridized carbons (Fsp3) is 0.611. The second kappa shape index (κ2) is 6.42. The van der Waals surface area contributed by atoms with E-state index in [1.807, 2.05) is 19.2 Å². The molecule has 0 unspecified atom stereocenters. The van der Waals surface area contributed by atoms with Gasteiger partial charge in [-0.15, -0.1) is 0 Å². The third kappa shape index (κ3) is 3.23. The average molecular weight is 330 g/mol. The molecule has 2 heterocycles. The van der Waals surface area contributed by atoms with Gasteiger partial charge in [-0.05, 0) is 50.2 Å². The molecule has 3 amide bonds. The van der Waals surface area contributed by atoms with Crippen molar-refractivity contribution in [2.45, 2.75) is 51.6 Å². The van der Waals surface area contributed by atoms with Gasteiger partial charge in [0, 0.05) is 25.8 Å². The van der Waals surface area contributed by atoms with Gasteiger partial charge in [0.15, 0.2) is 0 Å². The molecule has 1 saturated heterocycles. The molecule has 1 aromatic rings. The van der Waals surface area contributed by atoms with Crippen molar-refractivity contribution in [2.75, 3.05) is 18.5 Å². The predicted octanol–water partition coefficient (Wildman–Crippen LogP) is 2.41. The number of urea groups is 1. The van der Waals surface area contributed by atoms with Crippen LogP contribution >= 0.6 is 0 Å². The van der Waals surface area contributed by atoms with Crippen molar-refractivity contribution in [3.05, 3.63) is 24.5 Å². The molecule has 2 fully saturated rings. The van der Waals surface area contributed by atoms with Crippen LogP contribution in [0.4, 0.5) is 10.5 Å². The van der Waals surface area contributed by atoms with Gasteiger partial charge >= 0.3 is 6.03 Å². The number of hydrogen-bond acceptors (Lipinski definition) is 3. The molecular weight excluding hydrogens is 304 g/mol. The molecule has 3 rings (SSSR count). The Morgan fingerprint density at radius 3 is 2.88 bits per heavy atom. The molecule has 1 N–H and O–H groups in total. The number of pyridine rings is 1. The largest absolute Gasteiger partial charge is 0.326 e. The highest BCUT2D eigenvalue weighted by molar-refractivity contribution is 5.99. The number of nitrogens with one attached hydrogen (secondary N) is 1. The molecule has 6 nitrogen and oxygen atoms in total. The second-order valence-corrected chi connectivity index (χ2v) is 7.29. The first-order valence-corrected chi connectivity index (χ1v) is 8.67. The second-order valence-electron chi connectivity index (χ2n) is 7.29. The van der Waals surface area contributed by atoms with E-state index in [1.165, 1.54) is 0 Å². The zero-order valence-electron chi connectivity index (χ0n) is 14.7. The quantitative estimate of drug-likeness (QED) is 0.922. The molecule has 6 heteroatoms. The lowest BCUT2D eigenvalue weighted by Crippen LogP contribution is -2.56. The Morgan fingerprint density at radius 2 is 2.25 bits per heavy atom. The van der Waals surface area contributed by atoms with Gasteiger partial charge < -0.3 is 15.1 Å². The number of anilines is 1. The van der Waals surface area contributed by atoms with E-state index in [1.54, 1.807) is 22.2 Å². The number of nitrogens with zero attached hydrogens (tertiary/aromatic N) is 3. The van der Waals surface area contributed by atoms with E-state index in [-0.39, 0.29) is 23.4 Å². The van der Waals surface area contributed by atoms with Gasteiger partial charge in [0.25, 0.3) is 0 Å². The molecule has 130 valence electrons. The Balaban J connectivity index is 1.64. The van der Waals surface area contributed by atoms with Crippen LogP contribution in [0.15, 0.2) is 24.5 Å². The molecule has 0 radical (unpaired) electrons. The highest BCUT2D eigenvalue weighted by atomic mass is 16.2. The lowest BCUT2D eigenvalue weighted by atomic mass is 10.00. The number of carbonyl (C=O) groups excluding carboxylic acids is 2. The summed E-state index contributed by atoms with van der Waals surface area (Å²) in [5.41, 5.74) is 1.01. The zero-order valence-corrected chi connectivity index (χ0v) is 14.7. The van der Waals surface area contributed by atoms with Gasteiger partial charge in [-0.3, -0.25) is 9.78 Å². The molecule has 24 heavy (non-hydrogen) atoms. The summed E-state index contributed by atoms with van der Waals surface area (Å²) in [6.07, 6.45) is 7.23. The number of piperidine rings is 1. The maximum atomic E-state index is 12.7. The van der Waals surface area contributed by atoms with Crippen LogP contribution in [-0.4, -0.2) is 47.5 Å². The smallest absolute Gasteiger partial charge is 0.318 e. The van der Waals surface area contributed by atoms with Crippen LogP contribution in [0, 0.1) is 5.41 Å². The first-order chi connectivity index (χ1) is 11.4. The van der Waals surface area contributed by atoms with Crippen molar-refractivity contribution in [1.29, 1.82) is 0 Å². The van der Waals surface area contributed by atoms with Gasteiger partial charge in [-0.1, -0.05) is 6.92 Å². The zero-order chi connectivity index (χ0) is 17.3. The van der Waals surface area contributed by atoms with Crippen molar-refractivity contribution in [1.82, 2.24) is 15.2 Å². The maximum Gasteiger partial charge on any atom is 0.318 e. The minimum absolute atomic E-state index is 0.0544. The fourth-order valence-corrected chi connectivity index (χ4v) is 3.29. The van der Waals surface area contributed by atoms with Crippen LogP contribution in [0.3, 0.4) is 0 Å². The van der Waals surface area contributed by atoms with Gasteiger partial charge in [0.05, 0.1) is 11.9 Å². The van der Waals surface area contributed by atoms with Gasteiger partial charge in [-0.25, -0.2) is 4.79 Å². The van der Waals surface area contributed by atoms with Crippen molar-refractivity contribution < 1.29 is 9.59 Å². The summed E-state index contributed by atoms with van der Waals surface area (Å²) in [5.74, 6) is -0.0544. The van der Waals surface area contributed by atoms with Crippen LogP contribution in [0.1, 0.15) is 39.5 Å². The third-order valence-electron chi connectivity index (χ3n) is 5.64. The Labute approximate surface area is 143 Å². The SMILES string of the molecule is C[C@H](N(C)C(=O)N[C@@H]1CCCN(c2cccnc2)C1=O)C1(C)CC1. The maximum absolute atomic E-state index is 12.7. The van der Waals surface area contributed by atoms with E-state index >= 15 is 0 Å². The Hall–Kier alpha value is -2.11. The monoisotopic (exact) mass is 330 g/mol. The summed E-state index contributed by atoms with van der Waals surface area (Å²) in [5, 5.41) is 2.92. The van der Waals surface area contributed by atoms with Crippen LogP contribution in [0.2, 0.25) is 0 Å². The molecule has 0 bridgehead atoms. The highest BCUT2D eigenvalue weighted by Gasteiger charge is 2.45. The summed E-state index contributed by atoms with van der Waals surface area (Å²) < 4.78 is 0. The van der Waals surface area contributed by atoms with Crippen molar-refractivity contribution in [2.24, 2.45) is 5.41 Å².